The number of unbranched alkanes of at least 4 members (excludes halogenated alkanes) is 1. The fraction of sp³-hybridized carbons (Fsp3) is 0.458. The number of carbonyl (C=O) groups is 1. The van der Waals surface area contributed by atoms with Gasteiger partial charge in [0.15, 0.2) is 0 Å². The highest BCUT2D eigenvalue weighted by Gasteiger charge is 2.44. The van der Waals surface area contributed by atoms with Gasteiger partial charge in [0.25, 0.3) is 5.92 Å². The zero-order valence-corrected chi connectivity index (χ0v) is 18.9. The van der Waals surface area contributed by atoms with Crippen molar-refractivity contribution in [3.63, 3.8) is 0 Å². The van der Waals surface area contributed by atoms with Crippen LogP contribution in [-0.4, -0.2) is 41.4 Å². The Morgan fingerprint density at radius 2 is 1.82 bits per heavy atom. The number of halogens is 4. The smallest absolute Gasteiger partial charge is 0.266 e. The number of aliphatic hydroxyl groups is 1. The van der Waals surface area contributed by atoms with Gasteiger partial charge in [-0.1, -0.05) is 36.2 Å². The lowest BCUT2D eigenvalue weighted by Gasteiger charge is -2.34. The molecule has 4 nitrogen and oxygen atoms in total. The van der Waals surface area contributed by atoms with E-state index >= 15 is 8.78 Å². The largest absolute Gasteiger partial charge is 0.396 e. The number of hydrogen-bond acceptors (Lipinski definition) is 4. The molecule has 0 aliphatic heterocycles. The summed E-state index contributed by atoms with van der Waals surface area (Å²) >= 11 is 1.27. The van der Waals surface area contributed by atoms with Crippen molar-refractivity contribution in [2.75, 3.05) is 6.61 Å². The van der Waals surface area contributed by atoms with Crippen LogP contribution >= 0.6 is 11.9 Å². The predicted molar refractivity (Wildman–Crippen MR) is 122 cm³/mol. The molecular formula is C24H28F4N2O2S. The van der Waals surface area contributed by atoms with E-state index in [4.69, 9.17) is 5.11 Å². The van der Waals surface area contributed by atoms with Gasteiger partial charge < -0.3 is 10.4 Å². The first-order chi connectivity index (χ1) is 15.8. The van der Waals surface area contributed by atoms with Crippen LogP contribution in [0.3, 0.4) is 0 Å². The molecule has 1 aliphatic rings. The standard InChI is InChI=1S/C24H28F4N2O2S/c25-19-12-18(13-20(26)14-19)17-5-3-4-16(10-17)11-22(29-15-32)23(30-33-21-6-7-21)24(27,28)8-1-2-9-31/h3-5,10,12-15,21-23,30-31H,1-2,6-9,11H2,(H,29,32). The molecule has 0 bridgehead atoms. The average molecular weight is 485 g/mol. The molecule has 3 N–H and O–H groups in total. The maximum atomic E-state index is 15.2. The summed E-state index contributed by atoms with van der Waals surface area (Å²) in [6.45, 7) is -0.158. The van der Waals surface area contributed by atoms with E-state index in [0.717, 1.165) is 18.9 Å². The van der Waals surface area contributed by atoms with Gasteiger partial charge >= 0.3 is 0 Å². The fourth-order valence-electron chi connectivity index (χ4n) is 3.66. The predicted octanol–water partition coefficient (Wildman–Crippen LogP) is 4.86. The Labute approximate surface area is 195 Å². The number of nitrogens with one attached hydrogen (secondary N) is 2. The minimum atomic E-state index is -3.12. The summed E-state index contributed by atoms with van der Waals surface area (Å²) in [6.07, 6.45) is 2.44. The number of rotatable bonds is 14. The van der Waals surface area contributed by atoms with Crippen molar-refractivity contribution in [1.29, 1.82) is 0 Å². The summed E-state index contributed by atoms with van der Waals surface area (Å²) in [6, 6.07) is 7.72. The van der Waals surface area contributed by atoms with Crippen LogP contribution in [0.4, 0.5) is 17.6 Å². The molecule has 2 aromatic rings. The Balaban J connectivity index is 1.83. The number of aliphatic hydroxyl groups excluding tert-OH is 1. The summed E-state index contributed by atoms with van der Waals surface area (Å²) in [5, 5.41) is 11.8. The maximum Gasteiger partial charge on any atom is 0.266 e. The highest BCUT2D eigenvalue weighted by molar-refractivity contribution is 7.98. The molecule has 1 saturated carbocycles. The minimum Gasteiger partial charge on any atom is -0.396 e. The minimum absolute atomic E-state index is 0.100. The third kappa shape index (κ3) is 7.72. The fourth-order valence-corrected chi connectivity index (χ4v) is 4.71. The molecule has 180 valence electrons. The van der Waals surface area contributed by atoms with Crippen molar-refractivity contribution >= 4 is 18.4 Å². The molecule has 1 amide bonds. The summed E-state index contributed by atoms with van der Waals surface area (Å²) < 4.78 is 60.6. The second kappa shape index (κ2) is 11.9. The van der Waals surface area contributed by atoms with E-state index in [0.29, 0.717) is 23.1 Å². The molecular weight excluding hydrogens is 456 g/mol. The second-order valence-electron chi connectivity index (χ2n) is 8.31. The van der Waals surface area contributed by atoms with Gasteiger partial charge in [-0.2, -0.15) is 0 Å². The topological polar surface area (TPSA) is 61.4 Å². The summed E-state index contributed by atoms with van der Waals surface area (Å²) in [4.78, 5) is 11.3. The molecule has 3 rings (SSSR count). The molecule has 0 spiro atoms. The van der Waals surface area contributed by atoms with Gasteiger partial charge in [-0.05, 0) is 60.9 Å². The molecule has 0 heterocycles. The number of amides is 1. The average Bonchev–Trinajstić information content (AvgIpc) is 3.58. The Morgan fingerprint density at radius 1 is 1.09 bits per heavy atom. The van der Waals surface area contributed by atoms with Crippen molar-refractivity contribution in [3.05, 3.63) is 59.7 Å². The van der Waals surface area contributed by atoms with Gasteiger partial charge in [-0.3, -0.25) is 9.52 Å². The van der Waals surface area contributed by atoms with E-state index < -0.39 is 36.1 Å². The van der Waals surface area contributed by atoms with Crippen LogP contribution in [0.1, 0.15) is 37.7 Å². The highest BCUT2D eigenvalue weighted by Crippen LogP contribution is 2.36. The van der Waals surface area contributed by atoms with Crippen LogP contribution in [0.15, 0.2) is 42.5 Å². The van der Waals surface area contributed by atoms with Gasteiger partial charge in [0.05, 0.1) is 6.04 Å². The first-order valence-corrected chi connectivity index (χ1v) is 11.9. The molecule has 2 atom stereocenters. The van der Waals surface area contributed by atoms with Gasteiger partial charge in [-0.15, -0.1) is 0 Å². The molecule has 0 radical (unpaired) electrons. The first-order valence-electron chi connectivity index (χ1n) is 11.0. The van der Waals surface area contributed by atoms with Crippen molar-refractivity contribution in [2.45, 2.75) is 61.8 Å². The van der Waals surface area contributed by atoms with E-state index in [9.17, 15) is 13.6 Å². The van der Waals surface area contributed by atoms with Gasteiger partial charge in [-0.25, -0.2) is 17.6 Å². The van der Waals surface area contributed by atoms with Crippen molar-refractivity contribution in [2.24, 2.45) is 0 Å². The van der Waals surface area contributed by atoms with Crippen molar-refractivity contribution in [1.82, 2.24) is 10.0 Å². The van der Waals surface area contributed by atoms with E-state index in [1.165, 1.54) is 24.1 Å². The van der Waals surface area contributed by atoms with E-state index in [1.54, 1.807) is 24.3 Å². The van der Waals surface area contributed by atoms with Gasteiger partial charge in [0.1, 0.15) is 17.7 Å². The Kier molecular flexibility index (Phi) is 9.17. The monoisotopic (exact) mass is 484 g/mol. The lowest BCUT2D eigenvalue weighted by molar-refractivity contribution is -0.111. The van der Waals surface area contributed by atoms with Gasteiger partial charge in [0.2, 0.25) is 6.41 Å². The maximum absolute atomic E-state index is 15.2. The first kappa shape index (κ1) is 25.5. The van der Waals surface area contributed by atoms with Crippen LogP contribution in [0, 0.1) is 11.6 Å². The SMILES string of the molecule is O=CNC(Cc1cccc(-c2cc(F)cc(F)c2)c1)C(NSC1CC1)C(F)(F)CCCCO. The van der Waals surface area contributed by atoms with E-state index in [1.807, 2.05) is 0 Å². The zero-order chi connectivity index (χ0) is 23.8. The second-order valence-corrected chi connectivity index (χ2v) is 9.45. The Bertz CT molecular complexity index is 907. The van der Waals surface area contributed by atoms with Crippen molar-refractivity contribution in [3.8, 4) is 11.1 Å². The molecule has 1 aliphatic carbocycles. The Hall–Kier alpha value is -2.10. The van der Waals surface area contributed by atoms with Crippen LogP contribution in [0.25, 0.3) is 11.1 Å². The lowest BCUT2D eigenvalue weighted by atomic mass is 9.91. The lowest BCUT2D eigenvalue weighted by Crippen LogP contribution is -2.56. The summed E-state index contributed by atoms with van der Waals surface area (Å²) in [5.74, 6) is -4.54. The molecule has 1 fully saturated rings. The number of hydrogen-bond donors (Lipinski definition) is 3. The number of carbonyl (C=O) groups excluding carboxylic acids is 1. The molecule has 9 heteroatoms. The van der Waals surface area contributed by atoms with Crippen LogP contribution < -0.4 is 10.0 Å². The molecule has 2 unspecified atom stereocenters. The van der Waals surface area contributed by atoms with Gasteiger partial charge in [0, 0.05) is 24.3 Å². The molecule has 0 aromatic heterocycles. The summed E-state index contributed by atoms with van der Waals surface area (Å²) in [5.41, 5.74) is 1.52. The third-order valence-corrected chi connectivity index (χ3v) is 6.72. The molecule has 33 heavy (non-hydrogen) atoms. The van der Waals surface area contributed by atoms with Crippen LogP contribution in [0.5, 0.6) is 0 Å². The number of benzene rings is 2. The van der Waals surface area contributed by atoms with E-state index in [2.05, 4.69) is 10.0 Å². The quantitative estimate of drug-likeness (QED) is 0.155. The van der Waals surface area contributed by atoms with Crippen LogP contribution in [-0.2, 0) is 11.2 Å². The van der Waals surface area contributed by atoms with E-state index in [-0.39, 0.29) is 31.1 Å². The highest BCUT2D eigenvalue weighted by atomic mass is 32.2. The zero-order valence-electron chi connectivity index (χ0n) is 18.1. The third-order valence-electron chi connectivity index (χ3n) is 5.52. The normalized spacial score (nSPS) is 15.8. The number of alkyl halides is 2. The molecule has 2 aromatic carbocycles. The van der Waals surface area contributed by atoms with Crippen LogP contribution in [0.2, 0.25) is 0 Å². The van der Waals surface area contributed by atoms with Crippen molar-refractivity contribution < 1.29 is 27.5 Å². The summed E-state index contributed by atoms with van der Waals surface area (Å²) in [7, 11) is 0. The molecule has 0 saturated heterocycles. The Morgan fingerprint density at radius 3 is 2.45 bits per heavy atom.